The standard InChI is InChI=1S/C5H9F4O4P/c1-12-14(11,13-2)4(10)5(8,9)3(6)7/h3-4,10H,1-2H3. The van der Waals surface area contributed by atoms with Gasteiger partial charge in [-0.2, -0.15) is 8.78 Å². The molecule has 0 radical (unpaired) electrons. The maximum Gasteiger partial charge on any atom is 0.364 e. The Morgan fingerprint density at radius 2 is 1.64 bits per heavy atom. The molecule has 0 saturated carbocycles. The Morgan fingerprint density at radius 3 is 1.86 bits per heavy atom. The molecular formula is C5H9F4O4P. The monoisotopic (exact) mass is 240 g/mol. The second kappa shape index (κ2) is 4.57. The number of aliphatic hydroxyl groups excluding tert-OH is 1. The first-order valence-corrected chi connectivity index (χ1v) is 4.88. The summed E-state index contributed by atoms with van der Waals surface area (Å²) >= 11 is 0. The summed E-state index contributed by atoms with van der Waals surface area (Å²) in [6.07, 6.45) is -4.16. The molecule has 1 atom stereocenters. The molecule has 0 aliphatic heterocycles. The van der Waals surface area contributed by atoms with Crippen molar-refractivity contribution in [1.82, 2.24) is 0 Å². The zero-order chi connectivity index (χ0) is 11.6. The molecule has 4 nitrogen and oxygen atoms in total. The smallest absolute Gasteiger partial charge is 0.364 e. The molecule has 0 heterocycles. The topological polar surface area (TPSA) is 55.8 Å². The maximum absolute atomic E-state index is 12.5. The van der Waals surface area contributed by atoms with Gasteiger partial charge in [-0.3, -0.25) is 4.57 Å². The van der Waals surface area contributed by atoms with Gasteiger partial charge in [0, 0.05) is 14.2 Å². The van der Waals surface area contributed by atoms with Crippen LogP contribution in [0.2, 0.25) is 0 Å². The molecule has 0 fully saturated rings. The Kier molecular flexibility index (Phi) is 4.51. The van der Waals surface area contributed by atoms with Crippen LogP contribution in [0.15, 0.2) is 0 Å². The number of halogens is 4. The minimum Gasteiger partial charge on any atom is -0.376 e. The molecule has 0 aromatic carbocycles. The minimum atomic E-state index is -4.85. The van der Waals surface area contributed by atoms with Crippen molar-refractivity contribution in [3.05, 3.63) is 0 Å². The molecule has 0 amide bonds. The summed E-state index contributed by atoms with van der Waals surface area (Å²) in [6.45, 7) is 0. The Balaban J connectivity index is 4.93. The molecule has 14 heavy (non-hydrogen) atoms. The highest BCUT2D eigenvalue weighted by atomic mass is 31.2. The van der Waals surface area contributed by atoms with E-state index in [2.05, 4.69) is 9.05 Å². The van der Waals surface area contributed by atoms with E-state index in [1.54, 1.807) is 0 Å². The SMILES string of the molecule is COP(=O)(OC)C(O)C(F)(F)C(F)F. The van der Waals surface area contributed by atoms with E-state index in [1.807, 2.05) is 0 Å². The summed E-state index contributed by atoms with van der Waals surface area (Å²) in [5, 5.41) is 8.72. The molecule has 0 aliphatic carbocycles. The van der Waals surface area contributed by atoms with Crippen LogP contribution < -0.4 is 0 Å². The lowest BCUT2D eigenvalue weighted by Crippen LogP contribution is -2.40. The Bertz CT molecular complexity index is 226. The average Bonchev–Trinajstić information content (AvgIpc) is 2.15. The number of aliphatic hydroxyl groups is 1. The van der Waals surface area contributed by atoms with Gasteiger partial charge in [-0.05, 0) is 0 Å². The van der Waals surface area contributed by atoms with E-state index in [4.69, 9.17) is 5.11 Å². The lowest BCUT2D eigenvalue weighted by Gasteiger charge is -2.26. The van der Waals surface area contributed by atoms with Crippen LogP contribution in [0.1, 0.15) is 0 Å². The number of alkyl halides is 4. The first-order chi connectivity index (χ1) is 6.22. The van der Waals surface area contributed by atoms with Gasteiger partial charge in [0.15, 0.2) is 0 Å². The van der Waals surface area contributed by atoms with Gasteiger partial charge >= 0.3 is 19.9 Å². The van der Waals surface area contributed by atoms with Crippen molar-refractivity contribution in [3.63, 3.8) is 0 Å². The molecule has 1 unspecified atom stereocenters. The number of hydrogen-bond donors (Lipinski definition) is 1. The van der Waals surface area contributed by atoms with Crippen LogP contribution in [-0.4, -0.2) is 37.5 Å². The van der Waals surface area contributed by atoms with E-state index in [0.717, 1.165) is 0 Å². The minimum absolute atomic E-state index is 0.703. The fraction of sp³-hybridized carbons (Fsp3) is 1.00. The van der Waals surface area contributed by atoms with E-state index >= 15 is 0 Å². The molecule has 0 aromatic heterocycles. The summed E-state index contributed by atoms with van der Waals surface area (Å²) in [4.78, 5) is 0. The van der Waals surface area contributed by atoms with Gasteiger partial charge in [0.05, 0.1) is 0 Å². The highest BCUT2D eigenvalue weighted by Gasteiger charge is 2.57. The van der Waals surface area contributed by atoms with E-state index in [0.29, 0.717) is 14.2 Å². The van der Waals surface area contributed by atoms with Crippen molar-refractivity contribution in [2.45, 2.75) is 18.2 Å². The van der Waals surface area contributed by atoms with E-state index in [-0.39, 0.29) is 0 Å². The summed E-state index contributed by atoms with van der Waals surface area (Å²) in [7, 11) is -3.22. The van der Waals surface area contributed by atoms with Gasteiger partial charge in [-0.1, -0.05) is 0 Å². The van der Waals surface area contributed by atoms with Crippen molar-refractivity contribution >= 4 is 7.60 Å². The van der Waals surface area contributed by atoms with Crippen LogP contribution in [0, 0.1) is 0 Å². The first kappa shape index (κ1) is 13.8. The Labute approximate surface area is 77.3 Å². The summed E-state index contributed by atoms with van der Waals surface area (Å²) in [5.74, 6) is -8.04. The molecule has 0 bridgehead atoms. The summed E-state index contributed by atoms with van der Waals surface area (Å²) < 4.78 is 67.4. The molecule has 0 spiro atoms. The fourth-order valence-electron chi connectivity index (χ4n) is 0.598. The number of hydrogen-bond acceptors (Lipinski definition) is 4. The summed E-state index contributed by atoms with van der Waals surface area (Å²) in [5.41, 5.74) is 0. The third-order valence-electron chi connectivity index (χ3n) is 1.44. The normalized spacial score (nSPS) is 16.0. The molecule has 0 saturated heterocycles. The lowest BCUT2D eigenvalue weighted by molar-refractivity contribution is -0.172. The van der Waals surface area contributed by atoms with Gasteiger partial charge in [-0.15, -0.1) is 0 Å². The largest absolute Gasteiger partial charge is 0.376 e. The fourth-order valence-corrected chi connectivity index (χ4v) is 1.68. The molecule has 0 aliphatic rings. The maximum atomic E-state index is 12.5. The third-order valence-corrected chi connectivity index (χ3v) is 3.40. The van der Waals surface area contributed by atoms with Crippen LogP contribution >= 0.6 is 7.60 Å². The number of rotatable bonds is 5. The van der Waals surface area contributed by atoms with Crippen molar-refractivity contribution in [2.24, 2.45) is 0 Å². The van der Waals surface area contributed by atoms with E-state index in [9.17, 15) is 22.1 Å². The predicted octanol–water partition coefficient (Wildman–Crippen LogP) is 1.69. The van der Waals surface area contributed by atoms with Crippen LogP contribution in [0.5, 0.6) is 0 Å². The Hall–Kier alpha value is -0.170. The van der Waals surface area contributed by atoms with Crippen LogP contribution in [0.4, 0.5) is 17.6 Å². The first-order valence-electron chi connectivity index (χ1n) is 3.27. The second-order valence-corrected chi connectivity index (χ2v) is 4.55. The molecule has 1 N–H and O–H groups in total. The summed E-state index contributed by atoms with van der Waals surface area (Å²) in [6, 6.07) is 0. The highest BCUT2D eigenvalue weighted by molar-refractivity contribution is 7.54. The van der Waals surface area contributed by atoms with Gasteiger partial charge in [0.1, 0.15) is 0 Å². The zero-order valence-corrected chi connectivity index (χ0v) is 8.18. The van der Waals surface area contributed by atoms with E-state index < -0.39 is 25.8 Å². The van der Waals surface area contributed by atoms with Crippen molar-refractivity contribution in [1.29, 1.82) is 0 Å². The van der Waals surface area contributed by atoms with Gasteiger partial charge in [0.2, 0.25) is 5.85 Å². The molecule has 0 aromatic rings. The average molecular weight is 240 g/mol. The van der Waals surface area contributed by atoms with Crippen LogP contribution in [0.25, 0.3) is 0 Å². The van der Waals surface area contributed by atoms with Crippen LogP contribution in [-0.2, 0) is 13.6 Å². The Morgan fingerprint density at radius 1 is 1.29 bits per heavy atom. The lowest BCUT2D eigenvalue weighted by atomic mass is 10.4. The molecule has 86 valence electrons. The van der Waals surface area contributed by atoms with Gasteiger partial charge in [-0.25, -0.2) is 8.78 Å². The quantitative estimate of drug-likeness (QED) is 0.586. The molecule has 0 rings (SSSR count). The van der Waals surface area contributed by atoms with Crippen molar-refractivity contribution in [3.8, 4) is 0 Å². The van der Waals surface area contributed by atoms with E-state index in [1.165, 1.54) is 0 Å². The van der Waals surface area contributed by atoms with Crippen molar-refractivity contribution in [2.75, 3.05) is 14.2 Å². The second-order valence-electron chi connectivity index (χ2n) is 2.25. The highest BCUT2D eigenvalue weighted by Crippen LogP contribution is 2.56. The zero-order valence-electron chi connectivity index (χ0n) is 7.29. The van der Waals surface area contributed by atoms with Crippen molar-refractivity contribution < 1.29 is 36.3 Å². The van der Waals surface area contributed by atoms with Crippen LogP contribution in [0.3, 0.4) is 0 Å². The third kappa shape index (κ3) is 2.44. The van der Waals surface area contributed by atoms with Gasteiger partial charge in [0.25, 0.3) is 0 Å². The predicted molar refractivity (Wildman–Crippen MR) is 38.6 cm³/mol. The van der Waals surface area contributed by atoms with Gasteiger partial charge < -0.3 is 14.2 Å². The molecular weight excluding hydrogens is 231 g/mol. The molecule has 9 heteroatoms.